The molecule has 2 heterocycles. The van der Waals surface area contributed by atoms with Gasteiger partial charge in [-0.2, -0.15) is 0 Å². The maximum Gasteiger partial charge on any atom is 0.122 e. The Morgan fingerprint density at radius 2 is 1.83 bits per heavy atom. The molecule has 1 saturated heterocycles. The Balaban J connectivity index is 1.79. The first-order chi connectivity index (χ1) is 8.44. The minimum atomic E-state index is -0.595. The highest BCUT2D eigenvalue weighted by Crippen LogP contribution is 2.10. The van der Waals surface area contributed by atoms with E-state index in [4.69, 9.17) is 0 Å². The Hall–Kier alpha value is -0.910. The number of aromatic nitrogens is 2. The summed E-state index contributed by atoms with van der Waals surface area (Å²) in [5.74, 6) is 1.12. The van der Waals surface area contributed by atoms with E-state index in [1.165, 1.54) is 0 Å². The lowest BCUT2D eigenvalue weighted by Crippen LogP contribution is -2.50. The molecule has 0 unspecified atom stereocenters. The molecule has 1 aromatic rings. The van der Waals surface area contributed by atoms with Gasteiger partial charge >= 0.3 is 0 Å². The number of piperazine rings is 1. The van der Waals surface area contributed by atoms with Gasteiger partial charge in [-0.05, 0) is 13.8 Å². The van der Waals surface area contributed by atoms with E-state index < -0.39 is 5.60 Å². The molecule has 0 saturated carbocycles. The van der Waals surface area contributed by atoms with Gasteiger partial charge in [0.25, 0.3) is 0 Å². The van der Waals surface area contributed by atoms with Crippen LogP contribution in [0, 0.1) is 0 Å². The zero-order chi connectivity index (χ0) is 13.2. The minimum Gasteiger partial charge on any atom is -0.389 e. The fourth-order valence-electron chi connectivity index (χ4n) is 2.40. The average molecular weight is 252 g/mol. The van der Waals surface area contributed by atoms with Crippen LogP contribution in [0.3, 0.4) is 0 Å². The van der Waals surface area contributed by atoms with Crippen LogP contribution in [0.2, 0.25) is 0 Å². The summed E-state index contributed by atoms with van der Waals surface area (Å²) in [5, 5.41) is 9.81. The van der Waals surface area contributed by atoms with Gasteiger partial charge in [-0.3, -0.25) is 9.80 Å². The van der Waals surface area contributed by atoms with Crippen molar-refractivity contribution in [2.75, 3.05) is 32.7 Å². The Bertz CT molecular complexity index is 375. The molecule has 0 amide bonds. The number of nitrogens with zero attached hydrogens (tertiary/aromatic N) is 4. The molecule has 0 atom stereocenters. The lowest BCUT2D eigenvalue weighted by atomic mass is 10.1. The lowest BCUT2D eigenvalue weighted by Gasteiger charge is -2.37. The Morgan fingerprint density at radius 1 is 1.22 bits per heavy atom. The quantitative estimate of drug-likeness (QED) is 0.837. The number of β-amino-alcohol motifs (C(OH)–C–C–N with tert-alkyl or cyclic N) is 1. The monoisotopic (exact) mass is 252 g/mol. The molecule has 0 spiro atoms. The molecule has 2 rings (SSSR count). The summed E-state index contributed by atoms with van der Waals surface area (Å²) in [7, 11) is 2.03. The standard InChI is InChI=1S/C13H24N4O/c1-13(2,18)11-17-8-6-16(7-9-17)10-12-14-4-5-15(12)3/h4-5,18H,6-11H2,1-3H3. The predicted molar refractivity (Wildman–Crippen MR) is 71.2 cm³/mol. The third-order valence-electron chi connectivity index (χ3n) is 3.36. The van der Waals surface area contributed by atoms with Crippen molar-refractivity contribution in [3.63, 3.8) is 0 Å². The maximum absolute atomic E-state index is 9.81. The smallest absolute Gasteiger partial charge is 0.122 e. The third kappa shape index (κ3) is 3.80. The molecular formula is C13H24N4O. The van der Waals surface area contributed by atoms with Crippen LogP contribution in [0.5, 0.6) is 0 Å². The normalized spacial score (nSPS) is 19.3. The molecule has 5 nitrogen and oxygen atoms in total. The van der Waals surface area contributed by atoms with Gasteiger partial charge in [-0.15, -0.1) is 0 Å². The lowest BCUT2D eigenvalue weighted by molar-refractivity contribution is 0.0162. The second-order valence-corrected chi connectivity index (χ2v) is 5.82. The number of hydrogen-bond donors (Lipinski definition) is 1. The van der Waals surface area contributed by atoms with E-state index in [2.05, 4.69) is 19.4 Å². The third-order valence-corrected chi connectivity index (χ3v) is 3.36. The molecule has 1 aliphatic heterocycles. The van der Waals surface area contributed by atoms with Crippen LogP contribution in [-0.4, -0.2) is 62.8 Å². The van der Waals surface area contributed by atoms with Crippen LogP contribution in [0.1, 0.15) is 19.7 Å². The number of aliphatic hydroxyl groups is 1. The second-order valence-electron chi connectivity index (χ2n) is 5.82. The summed E-state index contributed by atoms with van der Waals surface area (Å²) >= 11 is 0. The van der Waals surface area contributed by atoms with Crippen LogP contribution in [0.15, 0.2) is 12.4 Å². The first-order valence-corrected chi connectivity index (χ1v) is 6.57. The molecule has 0 aliphatic carbocycles. The Kier molecular flexibility index (Phi) is 4.04. The number of aryl methyl sites for hydroxylation is 1. The SMILES string of the molecule is Cn1ccnc1CN1CCN(CC(C)(C)O)CC1. The van der Waals surface area contributed by atoms with Crippen molar-refractivity contribution in [1.29, 1.82) is 0 Å². The van der Waals surface area contributed by atoms with Gasteiger partial charge in [0.15, 0.2) is 0 Å². The molecule has 0 radical (unpaired) electrons. The first-order valence-electron chi connectivity index (χ1n) is 6.57. The summed E-state index contributed by atoms with van der Waals surface area (Å²) in [6.45, 7) is 9.54. The van der Waals surface area contributed by atoms with Gasteiger partial charge in [0.1, 0.15) is 5.82 Å². The van der Waals surface area contributed by atoms with Gasteiger partial charge in [0.2, 0.25) is 0 Å². The minimum absolute atomic E-state index is 0.595. The Morgan fingerprint density at radius 3 is 2.33 bits per heavy atom. The largest absolute Gasteiger partial charge is 0.389 e. The van der Waals surface area contributed by atoms with Crippen LogP contribution in [-0.2, 0) is 13.6 Å². The summed E-state index contributed by atoms with van der Waals surface area (Å²) < 4.78 is 2.07. The fraction of sp³-hybridized carbons (Fsp3) is 0.769. The summed E-state index contributed by atoms with van der Waals surface area (Å²) in [4.78, 5) is 9.10. The van der Waals surface area contributed by atoms with Crippen LogP contribution < -0.4 is 0 Å². The van der Waals surface area contributed by atoms with Crippen molar-refractivity contribution in [2.45, 2.75) is 26.0 Å². The van der Waals surface area contributed by atoms with Crippen molar-refractivity contribution in [2.24, 2.45) is 7.05 Å². The molecule has 18 heavy (non-hydrogen) atoms. The molecule has 102 valence electrons. The first kappa shape index (κ1) is 13.5. The number of hydrogen-bond acceptors (Lipinski definition) is 4. The molecule has 1 aliphatic rings. The highest BCUT2D eigenvalue weighted by atomic mass is 16.3. The van der Waals surface area contributed by atoms with Gasteiger partial charge < -0.3 is 9.67 Å². The van der Waals surface area contributed by atoms with E-state index in [9.17, 15) is 5.11 Å². The van der Waals surface area contributed by atoms with E-state index in [0.29, 0.717) is 0 Å². The van der Waals surface area contributed by atoms with Crippen molar-refractivity contribution in [3.05, 3.63) is 18.2 Å². The van der Waals surface area contributed by atoms with Crippen molar-refractivity contribution in [1.82, 2.24) is 19.4 Å². The van der Waals surface area contributed by atoms with Crippen molar-refractivity contribution >= 4 is 0 Å². The molecule has 1 fully saturated rings. The maximum atomic E-state index is 9.81. The van der Waals surface area contributed by atoms with Gasteiger partial charge in [0, 0.05) is 52.2 Å². The zero-order valence-electron chi connectivity index (χ0n) is 11.6. The molecule has 5 heteroatoms. The number of rotatable bonds is 4. The van der Waals surface area contributed by atoms with Crippen molar-refractivity contribution < 1.29 is 5.11 Å². The molecule has 0 aromatic carbocycles. The summed E-state index contributed by atoms with van der Waals surface area (Å²) in [6.07, 6.45) is 3.83. The van der Waals surface area contributed by atoms with Gasteiger partial charge in [-0.25, -0.2) is 4.98 Å². The van der Waals surface area contributed by atoms with E-state index in [0.717, 1.165) is 45.1 Å². The number of imidazole rings is 1. The van der Waals surface area contributed by atoms with E-state index in [1.54, 1.807) is 0 Å². The van der Waals surface area contributed by atoms with Crippen LogP contribution >= 0.6 is 0 Å². The van der Waals surface area contributed by atoms with Crippen LogP contribution in [0.25, 0.3) is 0 Å². The highest BCUT2D eigenvalue weighted by molar-refractivity contribution is 4.92. The molecular weight excluding hydrogens is 228 g/mol. The topological polar surface area (TPSA) is 44.5 Å². The van der Waals surface area contributed by atoms with Gasteiger partial charge in [-0.1, -0.05) is 0 Å². The van der Waals surface area contributed by atoms with Crippen LogP contribution in [0.4, 0.5) is 0 Å². The average Bonchev–Trinajstić information content (AvgIpc) is 2.65. The highest BCUT2D eigenvalue weighted by Gasteiger charge is 2.23. The molecule has 1 N–H and O–H groups in total. The van der Waals surface area contributed by atoms with E-state index in [1.807, 2.05) is 33.3 Å². The summed E-state index contributed by atoms with van der Waals surface area (Å²) in [5.41, 5.74) is -0.595. The second kappa shape index (κ2) is 5.38. The predicted octanol–water partition coefficient (Wildman–Crippen LogP) is 0.309. The fourth-order valence-corrected chi connectivity index (χ4v) is 2.40. The zero-order valence-corrected chi connectivity index (χ0v) is 11.6. The summed E-state index contributed by atoms with van der Waals surface area (Å²) in [6, 6.07) is 0. The molecule has 1 aromatic heterocycles. The Labute approximate surface area is 109 Å². The van der Waals surface area contributed by atoms with E-state index >= 15 is 0 Å². The molecule has 0 bridgehead atoms. The van der Waals surface area contributed by atoms with E-state index in [-0.39, 0.29) is 0 Å². The van der Waals surface area contributed by atoms with Gasteiger partial charge in [0.05, 0.1) is 12.1 Å². The van der Waals surface area contributed by atoms with Crippen molar-refractivity contribution in [3.8, 4) is 0 Å².